The van der Waals surface area contributed by atoms with Crippen molar-refractivity contribution in [2.45, 2.75) is 51.4 Å². The molecule has 20 heavy (non-hydrogen) atoms. The highest BCUT2D eigenvalue weighted by Gasteiger charge is 2.45. The van der Waals surface area contributed by atoms with E-state index in [-0.39, 0.29) is 6.10 Å². The Bertz CT molecular complexity index is 484. The van der Waals surface area contributed by atoms with Gasteiger partial charge in [-0.1, -0.05) is 30.3 Å². The minimum atomic E-state index is -1.20. The van der Waals surface area contributed by atoms with E-state index in [1.165, 1.54) is 0 Å². The Hall–Kier alpha value is -1.43. The van der Waals surface area contributed by atoms with E-state index in [1.807, 2.05) is 30.3 Å². The van der Waals surface area contributed by atoms with E-state index in [4.69, 9.17) is 19.9 Å². The van der Waals surface area contributed by atoms with Crippen LogP contribution in [0, 0.1) is 0 Å². The van der Waals surface area contributed by atoms with Gasteiger partial charge in [0.05, 0.1) is 6.10 Å². The van der Waals surface area contributed by atoms with E-state index >= 15 is 0 Å². The lowest BCUT2D eigenvalue weighted by Crippen LogP contribution is -2.43. The Balaban J connectivity index is 2.08. The summed E-state index contributed by atoms with van der Waals surface area (Å²) in [6.07, 6.45) is -1.14. The third-order valence-corrected chi connectivity index (χ3v) is 3.20. The van der Waals surface area contributed by atoms with Gasteiger partial charge in [0.2, 0.25) is 0 Å². The van der Waals surface area contributed by atoms with E-state index in [0.717, 1.165) is 5.56 Å². The van der Waals surface area contributed by atoms with Crippen LogP contribution in [-0.2, 0) is 24.7 Å². The summed E-state index contributed by atoms with van der Waals surface area (Å²) in [4.78, 5) is 12.2. The summed E-state index contributed by atoms with van der Waals surface area (Å²) in [7, 11) is 0. The van der Waals surface area contributed by atoms with Crippen molar-refractivity contribution in [3.05, 3.63) is 35.9 Å². The van der Waals surface area contributed by atoms with Gasteiger partial charge in [-0.15, -0.1) is 0 Å². The highest BCUT2D eigenvalue weighted by Crippen LogP contribution is 2.30. The van der Waals surface area contributed by atoms with Gasteiger partial charge in [-0.2, -0.15) is 0 Å². The zero-order chi connectivity index (χ0) is 15.0. The first-order valence-corrected chi connectivity index (χ1v) is 6.64. The normalized spacial score (nSPS) is 27.9. The molecule has 2 N–H and O–H groups in total. The fourth-order valence-corrected chi connectivity index (χ4v) is 2.27. The summed E-state index contributed by atoms with van der Waals surface area (Å²) in [5.74, 6) is -1.31. The maximum Gasteiger partial charge on any atom is 0.340 e. The molecule has 0 spiro atoms. The highest BCUT2D eigenvalue weighted by atomic mass is 16.8. The molecule has 1 heterocycles. The predicted octanol–water partition coefficient (Wildman–Crippen LogP) is 1.90. The van der Waals surface area contributed by atoms with Gasteiger partial charge in [0, 0.05) is 5.56 Å². The fourth-order valence-electron chi connectivity index (χ4n) is 2.27. The number of hydrogen-bond donors (Lipinski definition) is 1. The van der Waals surface area contributed by atoms with E-state index in [0.29, 0.717) is 0 Å². The molecule has 5 nitrogen and oxygen atoms in total. The van der Waals surface area contributed by atoms with Crippen LogP contribution in [-0.4, -0.2) is 24.0 Å². The molecule has 1 aromatic carbocycles. The average molecular weight is 279 g/mol. The van der Waals surface area contributed by atoms with Gasteiger partial charge in [0.25, 0.3) is 0 Å². The summed E-state index contributed by atoms with van der Waals surface area (Å²) < 4.78 is 16.5. The zero-order valence-electron chi connectivity index (χ0n) is 12.3. The van der Waals surface area contributed by atoms with E-state index < -0.39 is 23.6 Å². The molecule has 1 aliphatic heterocycles. The van der Waals surface area contributed by atoms with Crippen molar-refractivity contribution >= 4 is 5.97 Å². The lowest BCUT2D eigenvalue weighted by molar-refractivity contribution is -0.181. The van der Waals surface area contributed by atoms with Crippen molar-refractivity contribution in [3.63, 3.8) is 0 Å². The standard InChI is InChI=1S/C15H21NO4/c1-10-12(19-14(2,3)18-10)13(17)20-15(4,16)11-8-6-5-7-9-11/h5-10,12H,16H2,1-4H3. The van der Waals surface area contributed by atoms with Crippen LogP contribution in [0.2, 0.25) is 0 Å². The summed E-state index contributed by atoms with van der Waals surface area (Å²) in [5, 5.41) is 0. The Morgan fingerprint density at radius 1 is 1.30 bits per heavy atom. The summed E-state index contributed by atoms with van der Waals surface area (Å²) in [6, 6.07) is 9.18. The molecule has 0 saturated carbocycles. The van der Waals surface area contributed by atoms with Crippen molar-refractivity contribution in [1.82, 2.24) is 0 Å². The molecule has 2 rings (SSSR count). The number of benzene rings is 1. The Kier molecular flexibility index (Phi) is 3.86. The van der Waals surface area contributed by atoms with Gasteiger partial charge < -0.3 is 14.2 Å². The highest BCUT2D eigenvalue weighted by molar-refractivity contribution is 5.76. The monoisotopic (exact) mass is 279 g/mol. The molecule has 110 valence electrons. The summed E-state index contributed by atoms with van der Waals surface area (Å²) >= 11 is 0. The maximum atomic E-state index is 12.2. The van der Waals surface area contributed by atoms with Crippen LogP contribution in [0.15, 0.2) is 30.3 Å². The first-order valence-electron chi connectivity index (χ1n) is 6.64. The topological polar surface area (TPSA) is 70.8 Å². The van der Waals surface area contributed by atoms with Crippen LogP contribution in [0.3, 0.4) is 0 Å². The largest absolute Gasteiger partial charge is 0.438 e. The Morgan fingerprint density at radius 2 is 1.90 bits per heavy atom. The second-order valence-electron chi connectivity index (χ2n) is 5.66. The molecule has 1 saturated heterocycles. The smallest absolute Gasteiger partial charge is 0.340 e. The maximum absolute atomic E-state index is 12.2. The van der Waals surface area contributed by atoms with Crippen LogP contribution in [0.4, 0.5) is 0 Å². The number of esters is 1. The van der Waals surface area contributed by atoms with Crippen LogP contribution < -0.4 is 5.73 Å². The molecule has 0 aromatic heterocycles. The molecule has 0 aliphatic carbocycles. The minimum Gasteiger partial charge on any atom is -0.438 e. The number of carbonyl (C=O) groups excluding carboxylic acids is 1. The van der Waals surface area contributed by atoms with Crippen LogP contribution in [0.5, 0.6) is 0 Å². The first-order chi connectivity index (χ1) is 9.21. The third kappa shape index (κ3) is 3.17. The quantitative estimate of drug-likeness (QED) is 0.676. The zero-order valence-corrected chi connectivity index (χ0v) is 12.3. The third-order valence-electron chi connectivity index (χ3n) is 3.20. The van der Waals surface area contributed by atoms with Crippen molar-refractivity contribution in [2.24, 2.45) is 5.73 Å². The van der Waals surface area contributed by atoms with E-state index in [9.17, 15) is 4.79 Å². The van der Waals surface area contributed by atoms with Gasteiger partial charge in [-0.3, -0.25) is 5.73 Å². The Labute approximate surface area is 119 Å². The molecule has 1 aromatic rings. The molecule has 3 unspecified atom stereocenters. The number of nitrogens with two attached hydrogens (primary N) is 1. The number of hydrogen-bond acceptors (Lipinski definition) is 5. The molecular weight excluding hydrogens is 258 g/mol. The van der Waals surface area contributed by atoms with Crippen molar-refractivity contribution in [3.8, 4) is 0 Å². The molecule has 0 bridgehead atoms. The van der Waals surface area contributed by atoms with Gasteiger partial charge in [-0.25, -0.2) is 4.79 Å². The molecular formula is C15H21NO4. The molecule has 0 radical (unpaired) electrons. The van der Waals surface area contributed by atoms with Crippen molar-refractivity contribution in [1.29, 1.82) is 0 Å². The lowest BCUT2D eigenvalue weighted by atomic mass is 10.1. The van der Waals surface area contributed by atoms with E-state index in [1.54, 1.807) is 27.7 Å². The van der Waals surface area contributed by atoms with Gasteiger partial charge in [0.1, 0.15) is 0 Å². The summed E-state index contributed by atoms with van der Waals surface area (Å²) in [6.45, 7) is 6.94. The van der Waals surface area contributed by atoms with Crippen molar-refractivity contribution < 1.29 is 19.0 Å². The summed E-state index contributed by atoms with van der Waals surface area (Å²) in [5.41, 5.74) is 5.60. The van der Waals surface area contributed by atoms with Crippen LogP contribution in [0.25, 0.3) is 0 Å². The number of ether oxygens (including phenoxy) is 3. The van der Waals surface area contributed by atoms with Crippen molar-refractivity contribution in [2.75, 3.05) is 0 Å². The molecule has 5 heteroatoms. The first kappa shape index (κ1) is 15.0. The van der Waals surface area contributed by atoms with Crippen LogP contribution in [0.1, 0.15) is 33.3 Å². The van der Waals surface area contributed by atoms with E-state index in [2.05, 4.69) is 0 Å². The second-order valence-corrected chi connectivity index (χ2v) is 5.66. The van der Waals surface area contributed by atoms with Crippen LogP contribution >= 0.6 is 0 Å². The second kappa shape index (κ2) is 5.16. The number of carbonyl (C=O) groups is 1. The average Bonchev–Trinajstić information content (AvgIpc) is 2.63. The minimum absolute atomic E-state index is 0.371. The van der Waals surface area contributed by atoms with Gasteiger partial charge in [0.15, 0.2) is 17.6 Å². The molecule has 1 aliphatic rings. The van der Waals surface area contributed by atoms with Gasteiger partial charge >= 0.3 is 5.97 Å². The SMILES string of the molecule is CC1OC(C)(C)OC1C(=O)OC(C)(N)c1ccccc1. The molecule has 1 fully saturated rings. The number of rotatable bonds is 3. The molecule has 0 amide bonds. The predicted molar refractivity (Wildman–Crippen MR) is 73.6 cm³/mol. The fraction of sp³-hybridized carbons (Fsp3) is 0.533. The lowest BCUT2D eigenvalue weighted by Gasteiger charge is -2.27. The van der Waals surface area contributed by atoms with Gasteiger partial charge in [-0.05, 0) is 27.7 Å². The Morgan fingerprint density at radius 3 is 2.40 bits per heavy atom. The molecule has 3 atom stereocenters.